The van der Waals surface area contributed by atoms with E-state index in [0.29, 0.717) is 5.92 Å². The Kier molecular flexibility index (Phi) is 4.44. The first-order valence-corrected chi connectivity index (χ1v) is 7.35. The normalized spacial score (nSPS) is 28.6. The second kappa shape index (κ2) is 5.87. The third-order valence-corrected chi connectivity index (χ3v) is 4.57. The van der Waals surface area contributed by atoms with Gasteiger partial charge in [-0.3, -0.25) is 4.68 Å². The van der Waals surface area contributed by atoms with Crippen LogP contribution in [-0.4, -0.2) is 16.3 Å². The molecule has 0 radical (unpaired) electrons. The maximum absolute atomic E-state index is 5.94. The summed E-state index contributed by atoms with van der Waals surface area (Å²) in [6.45, 7) is 5.38. The van der Waals surface area contributed by atoms with E-state index in [1.165, 1.54) is 30.7 Å². The number of hydrogen-bond acceptors (Lipinski definition) is 2. The molecule has 0 aliphatic heterocycles. The predicted molar refractivity (Wildman–Crippen MR) is 75.3 cm³/mol. The van der Waals surface area contributed by atoms with Gasteiger partial charge in [0, 0.05) is 12.7 Å². The highest BCUT2D eigenvalue weighted by atomic mass is 15.3. The molecule has 3 nitrogen and oxygen atoms in total. The van der Waals surface area contributed by atoms with E-state index in [1.807, 2.05) is 0 Å². The first-order chi connectivity index (χ1) is 8.63. The molecule has 3 heteroatoms. The topological polar surface area (TPSA) is 43.8 Å². The quantitative estimate of drug-likeness (QED) is 0.891. The van der Waals surface area contributed by atoms with Crippen LogP contribution < -0.4 is 5.73 Å². The lowest BCUT2D eigenvalue weighted by atomic mass is 9.73. The fraction of sp³-hybridized carbons (Fsp3) is 0.800. The summed E-state index contributed by atoms with van der Waals surface area (Å²) in [7, 11) is 2.07. The number of aryl methyl sites for hydroxylation is 2. The van der Waals surface area contributed by atoms with Crippen molar-refractivity contribution in [3.63, 3.8) is 0 Å². The summed E-state index contributed by atoms with van der Waals surface area (Å²) in [4.78, 5) is 0. The zero-order valence-electron chi connectivity index (χ0n) is 12.0. The van der Waals surface area contributed by atoms with Gasteiger partial charge in [0.1, 0.15) is 0 Å². The summed E-state index contributed by atoms with van der Waals surface area (Å²) in [6.07, 6.45) is 6.16. The van der Waals surface area contributed by atoms with E-state index in [1.54, 1.807) is 0 Å². The number of aromatic nitrogens is 2. The van der Waals surface area contributed by atoms with Crippen molar-refractivity contribution in [3.8, 4) is 0 Å². The molecule has 1 aromatic heterocycles. The maximum Gasteiger partial charge on any atom is 0.0624 e. The predicted octanol–water partition coefficient (Wildman–Crippen LogP) is 2.54. The fourth-order valence-electron chi connectivity index (χ4n) is 3.33. The van der Waals surface area contributed by atoms with Gasteiger partial charge < -0.3 is 5.73 Å². The highest BCUT2D eigenvalue weighted by Crippen LogP contribution is 2.35. The van der Waals surface area contributed by atoms with Crippen LogP contribution in [0.15, 0.2) is 6.07 Å². The van der Waals surface area contributed by atoms with E-state index >= 15 is 0 Å². The Morgan fingerprint density at radius 1 is 1.39 bits per heavy atom. The summed E-state index contributed by atoms with van der Waals surface area (Å²) in [6, 6.07) is 2.27. The van der Waals surface area contributed by atoms with Gasteiger partial charge in [-0.15, -0.1) is 0 Å². The standard InChI is InChI=1S/C15H27N3/c1-4-14-9-15(18(3)17-14)8-13-7-11(2)5-6-12(13)10-16/h9,11-13H,4-8,10,16H2,1-3H3. The van der Waals surface area contributed by atoms with E-state index in [9.17, 15) is 0 Å². The van der Waals surface area contributed by atoms with Crippen molar-refractivity contribution < 1.29 is 0 Å². The Hall–Kier alpha value is -0.830. The average molecular weight is 249 g/mol. The zero-order valence-corrected chi connectivity index (χ0v) is 12.0. The fourth-order valence-corrected chi connectivity index (χ4v) is 3.33. The number of hydrogen-bond donors (Lipinski definition) is 1. The lowest BCUT2D eigenvalue weighted by Crippen LogP contribution is -2.31. The van der Waals surface area contributed by atoms with Crippen molar-refractivity contribution in [2.45, 2.75) is 46.0 Å². The van der Waals surface area contributed by atoms with Gasteiger partial charge in [0.2, 0.25) is 0 Å². The van der Waals surface area contributed by atoms with E-state index in [4.69, 9.17) is 5.73 Å². The average Bonchev–Trinajstić information content (AvgIpc) is 2.71. The monoisotopic (exact) mass is 249 g/mol. The molecule has 1 saturated carbocycles. The van der Waals surface area contributed by atoms with Gasteiger partial charge in [-0.05, 0) is 56.0 Å². The molecule has 1 aliphatic carbocycles. The van der Waals surface area contributed by atoms with Gasteiger partial charge >= 0.3 is 0 Å². The van der Waals surface area contributed by atoms with E-state index in [2.05, 4.69) is 36.7 Å². The molecule has 18 heavy (non-hydrogen) atoms. The van der Waals surface area contributed by atoms with Gasteiger partial charge in [0.25, 0.3) is 0 Å². The maximum atomic E-state index is 5.94. The third kappa shape index (κ3) is 2.94. The molecule has 0 saturated heterocycles. The molecule has 3 atom stereocenters. The van der Waals surface area contributed by atoms with Crippen molar-refractivity contribution in [2.24, 2.45) is 30.5 Å². The van der Waals surface area contributed by atoms with E-state index < -0.39 is 0 Å². The van der Waals surface area contributed by atoms with Crippen LogP contribution in [0.2, 0.25) is 0 Å². The van der Waals surface area contributed by atoms with Gasteiger partial charge in [0.15, 0.2) is 0 Å². The smallest absolute Gasteiger partial charge is 0.0624 e. The number of nitrogens with two attached hydrogens (primary N) is 1. The number of nitrogens with zero attached hydrogens (tertiary/aromatic N) is 2. The van der Waals surface area contributed by atoms with Crippen LogP contribution in [0, 0.1) is 17.8 Å². The molecule has 2 N–H and O–H groups in total. The molecule has 0 aromatic carbocycles. The third-order valence-electron chi connectivity index (χ3n) is 4.57. The largest absolute Gasteiger partial charge is 0.330 e. The molecule has 1 aromatic rings. The molecular weight excluding hydrogens is 222 g/mol. The summed E-state index contributed by atoms with van der Waals surface area (Å²) < 4.78 is 2.06. The van der Waals surface area contributed by atoms with Crippen LogP contribution in [0.1, 0.15) is 44.5 Å². The molecule has 0 amide bonds. The van der Waals surface area contributed by atoms with Crippen molar-refractivity contribution in [2.75, 3.05) is 6.54 Å². The highest BCUT2D eigenvalue weighted by Gasteiger charge is 2.28. The summed E-state index contributed by atoms with van der Waals surface area (Å²) in [5.41, 5.74) is 8.53. The number of rotatable bonds is 4. The van der Waals surface area contributed by atoms with E-state index in [-0.39, 0.29) is 0 Å². The second-order valence-corrected chi connectivity index (χ2v) is 5.98. The van der Waals surface area contributed by atoms with Crippen LogP contribution in [0.5, 0.6) is 0 Å². The van der Waals surface area contributed by atoms with E-state index in [0.717, 1.165) is 31.2 Å². The molecule has 1 heterocycles. The molecule has 1 aliphatic rings. The van der Waals surface area contributed by atoms with Crippen LogP contribution in [-0.2, 0) is 19.9 Å². The van der Waals surface area contributed by atoms with Crippen LogP contribution in [0.3, 0.4) is 0 Å². The molecule has 0 bridgehead atoms. The Bertz CT molecular complexity index is 383. The zero-order chi connectivity index (χ0) is 13.1. The van der Waals surface area contributed by atoms with Crippen molar-refractivity contribution in [1.82, 2.24) is 9.78 Å². The van der Waals surface area contributed by atoms with Gasteiger partial charge in [-0.25, -0.2) is 0 Å². The molecule has 2 rings (SSSR count). The Balaban J connectivity index is 2.07. The Morgan fingerprint density at radius 3 is 2.78 bits per heavy atom. The molecule has 1 fully saturated rings. The van der Waals surface area contributed by atoms with Gasteiger partial charge in [0.05, 0.1) is 5.69 Å². The summed E-state index contributed by atoms with van der Waals surface area (Å²) >= 11 is 0. The molecule has 102 valence electrons. The van der Waals surface area contributed by atoms with Crippen LogP contribution >= 0.6 is 0 Å². The minimum Gasteiger partial charge on any atom is -0.330 e. The minimum absolute atomic E-state index is 0.709. The molecule has 3 unspecified atom stereocenters. The minimum atomic E-state index is 0.709. The Morgan fingerprint density at radius 2 is 2.17 bits per heavy atom. The first-order valence-electron chi connectivity index (χ1n) is 7.35. The summed E-state index contributed by atoms with van der Waals surface area (Å²) in [5, 5.41) is 4.55. The second-order valence-electron chi connectivity index (χ2n) is 5.98. The lowest BCUT2D eigenvalue weighted by molar-refractivity contribution is 0.191. The van der Waals surface area contributed by atoms with Crippen LogP contribution in [0.25, 0.3) is 0 Å². The molecular formula is C15H27N3. The van der Waals surface area contributed by atoms with Crippen molar-refractivity contribution >= 4 is 0 Å². The summed E-state index contributed by atoms with van der Waals surface area (Å²) in [5.74, 6) is 2.32. The highest BCUT2D eigenvalue weighted by molar-refractivity contribution is 5.11. The Labute approximate surface area is 111 Å². The van der Waals surface area contributed by atoms with Gasteiger partial charge in [-0.2, -0.15) is 5.10 Å². The molecule has 0 spiro atoms. The van der Waals surface area contributed by atoms with Crippen molar-refractivity contribution in [1.29, 1.82) is 0 Å². The lowest BCUT2D eigenvalue weighted by Gasteiger charge is -2.34. The SMILES string of the molecule is CCc1cc(CC2CC(C)CCC2CN)n(C)n1. The van der Waals surface area contributed by atoms with Crippen LogP contribution in [0.4, 0.5) is 0 Å². The first kappa shape index (κ1) is 13.6. The van der Waals surface area contributed by atoms with Gasteiger partial charge in [-0.1, -0.05) is 20.3 Å². The van der Waals surface area contributed by atoms with Crippen molar-refractivity contribution in [3.05, 3.63) is 17.5 Å².